The summed E-state index contributed by atoms with van der Waals surface area (Å²) in [6, 6.07) is 16.8. The van der Waals surface area contributed by atoms with Crippen LogP contribution >= 0.6 is 0 Å². The van der Waals surface area contributed by atoms with Crippen LogP contribution in [0.2, 0.25) is 0 Å². The normalized spacial score (nSPS) is 10.5. The topological polar surface area (TPSA) is 29.9 Å². The Kier molecular flexibility index (Phi) is 3.96. The average Bonchev–Trinajstić information content (AvgIpc) is 3.01. The van der Waals surface area contributed by atoms with Gasteiger partial charge in [0.1, 0.15) is 5.82 Å². The molecule has 1 heterocycles. The van der Waals surface area contributed by atoms with Gasteiger partial charge in [-0.3, -0.25) is 4.68 Å². The van der Waals surface area contributed by atoms with Gasteiger partial charge in [0.15, 0.2) is 0 Å². The Hall–Kier alpha value is -2.62. The number of hydrogen-bond acceptors (Lipinski definition) is 2. The van der Waals surface area contributed by atoms with E-state index in [0.717, 1.165) is 12.2 Å². The van der Waals surface area contributed by atoms with Gasteiger partial charge in [0.25, 0.3) is 0 Å². The van der Waals surface area contributed by atoms with Crippen molar-refractivity contribution in [1.29, 1.82) is 0 Å². The third kappa shape index (κ3) is 3.48. The van der Waals surface area contributed by atoms with Crippen LogP contribution in [0.1, 0.15) is 11.1 Å². The molecule has 0 radical (unpaired) electrons. The van der Waals surface area contributed by atoms with E-state index in [1.54, 1.807) is 18.3 Å². The molecule has 0 fully saturated rings. The minimum Gasteiger partial charge on any atom is -0.381 e. The van der Waals surface area contributed by atoms with Gasteiger partial charge >= 0.3 is 0 Å². The average molecular weight is 281 g/mol. The standard InChI is InChI=1S/C17H16FN3/c18-17-5-2-1-4-15(17)12-19-16-8-6-14(7-9-16)13-21-11-3-10-20-21/h1-11,19H,12-13H2. The lowest BCUT2D eigenvalue weighted by atomic mass is 10.2. The lowest BCUT2D eigenvalue weighted by Gasteiger charge is -2.08. The highest BCUT2D eigenvalue weighted by molar-refractivity contribution is 5.45. The number of nitrogens with one attached hydrogen (secondary N) is 1. The van der Waals surface area contributed by atoms with Crippen molar-refractivity contribution in [2.24, 2.45) is 0 Å². The van der Waals surface area contributed by atoms with Crippen molar-refractivity contribution >= 4 is 5.69 Å². The monoisotopic (exact) mass is 281 g/mol. The number of anilines is 1. The number of nitrogens with zero attached hydrogens (tertiary/aromatic N) is 2. The van der Waals surface area contributed by atoms with Gasteiger partial charge in [0, 0.05) is 30.2 Å². The second-order valence-electron chi connectivity index (χ2n) is 4.85. The molecule has 1 N–H and O–H groups in total. The minimum atomic E-state index is -0.180. The maximum absolute atomic E-state index is 13.5. The SMILES string of the molecule is Fc1ccccc1CNc1ccc(Cn2cccn2)cc1. The Bertz CT molecular complexity index is 690. The van der Waals surface area contributed by atoms with Gasteiger partial charge in [-0.15, -0.1) is 0 Å². The van der Waals surface area contributed by atoms with E-state index < -0.39 is 0 Å². The molecule has 3 aromatic rings. The van der Waals surface area contributed by atoms with Gasteiger partial charge in [-0.25, -0.2) is 4.39 Å². The highest BCUT2D eigenvalue weighted by Crippen LogP contribution is 2.13. The molecule has 2 aromatic carbocycles. The molecule has 4 heteroatoms. The van der Waals surface area contributed by atoms with Gasteiger partial charge in [-0.2, -0.15) is 5.10 Å². The predicted molar refractivity (Wildman–Crippen MR) is 81.5 cm³/mol. The molecule has 0 spiro atoms. The van der Waals surface area contributed by atoms with Gasteiger partial charge < -0.3 is 5.32 Å². The molecule has 1 aromatic heterocycles. The Balaban J connectivity index is 1.61. The first-order chi connectivity index (χ1) is 10.3. The summed E-state index contributed by atoms with van der Waals surface area (Å²) in [5.74, 6) is -0.180. The highest BCUT2D eigenvalue weighted by Gasteiger charge is 2.01. The van der Waals surface area contributed by atoms with Crippen LogP contribution in [-0.2, 0) is 13.1 Å². The molecule has 0 saturated heterocycles. The van der Waals surface area contributed by atoms with Crippen LogP contribution in [0.15, 0.2) is 67.0 Å². The third-order valence-electron chi connectivity index (χ3n) is 3.30. The van der Waals surface area contributed by atoms with Gasteiger partial charge in [0.05, 0.1) is 6.54 Å². The summed E-state index contributed by atoms with van der Waals surface area (Å²) < 4.78 is 15.4. The molecular formula is C17H16FN3. The molecule has 0 aliphatic rings. The second-order valence-corrected chi connectivity index (χ2v) is 4.85. The molecule has 106 valence electrons. The van der Waals surface area contributed by atoms with Crippen molar-refractivity contribution in [2.45, 2.75) is 13.1 Å². The lowest BCUT2D eigenvalue weighted by Crippen LogP contribution is -2.02. The summed E-state index contributed by atoms with van der Waals surface area (Å²) in [6.07, 6.45) is 3.70. The van der Waals surface area contributed by atoms with E-state index in [0.29, 0.717) is 12.1 Å². The van der Waals surface area contributed by atoms with E-state index in [-0.39, 0.29) is 5.82 Å². The van der Waals surface area contributed by atoms with Crippen LogP contribution in [0.5, 0.6) is 0 Å². The van der Waals surface area contributed by atoms with Gasteiger partial charge in [-0.1, -0.05) is 30.3 Å². The Morgan fingerprint density at radius 1 is 1.00 bits per heavy atom. The molecule has 0 unspecified atom stereocenters. The van der Waals surface area contributed by atoms with Crippen LogP contribution < -0.4 is 5.32 Å². The van der Waals surface area contributed by atoms with Gasteiger partial charge in [-0.05, 0) is 29.8 Å². The molecular weight excluding hydrogens is 265 g/mol. The van der Waals surface area contributed by atoms with Crippen molar-refractivity contribution in [1.82, 2.24) is 9.78 Å². The van der Waals surface area contributed by atoms with Crippen molar-refractivity contribution in [3.63, 3.8) is 0 Å². The molecule has 3 rings (SSSR count). The molecule has 0 bridgehead atoms. The third-order valence-corrected chi connectivity index (χ3v) is 3.30. The molecule has 0 saturated carbocycles. The summed E-state index contributed by atoms with van der Waals surface area (Å²) in [5.41, 5.74) is 2.82. The number of rotatable bonds is 5. The fourth-order valence-electron chi connectivity index (χ4n) is 2.15. The second kappa shape index (κ2) is 6.22. The largest absolute Gasteiger partial charge is 0.381 e. The number of hydrogen-bond donors (Lipinski definition) is 1. The Labute approximate surface area is 123 Å². The van der Waals surface area contributed by atoms with Crippen molar-refractivity contribution < 1.29 is 4.39 Å². The fourth-order valence-corrected chi connectivity index (χ4v) is 2.15. The zero-order valence-corrected chi connectivity index (χ0v) is 11.5. The van der Waals surface area contributed by atoms with E-state index >= 15 is 0 Å². The van der Waals surface area contributed by atoms with E-state index in [1.807, 2.05) is 47.3 Å². The van der Waals surface area contributed by atoms with Crippen LogP contribution in [0.3, 0.4) is 0 Å². The van der Waals surface area contributed by atoms with E-state index in [4.69, 9.17) is 0 Å². The minimum absolute atomic E-state index is 0.180. The summed E-state index contributed by atoms with van der Waals surface area (Å²) in [6.45, 7) is 1.23. The van der Waals surface area contributed by atoms with Crippen molar-refractivity contribution in [3.8, 4) is 0 Å². The Morgan fingerprint density at radius 3 is 2.52 bits per heavy atom. The molecule has 0 amide bonds. The van der Waals surface area contributed by atoms with Gasteiger partial charge in [0.2, 0.25) is 0 Å². The quantitative estimate of drug-likeness (QED) is 0.773. The lowest BCUT2D eigenvalue weighted by molar-refractivity contribution is 0.613. The summed E-state index contributed by atoms with van der Waals surface area (Å²) in [5, 5.41) is 7.40. The maximum Gasteiger partial charge on any atom is 0.128 e. The smallest absolute Gasteiger partial charge is 0.128 e. The number of aromatic nitrogens is 2. The molecule has 0 aliphatic heterocycles. The zero-order chi connectivity index (χ0) is 14.5. The molecule has 21 heavy (non-hydrogen) atoms. The predicted octanol–water partition coefficient (Wildman–Crippen LogP) is 3.68. The first-order valence-electron chi connectivity index (χ1n) is 6.85. The van der Waals surface area contributed by atoms with Crippen LogP contribution in [-0.4, -0.2) is 9.78 Å². The zero-order valence-electron chi connectivity index (χ0n) is 11.5. The molecule has 3 nitrogen and oxygen atoms in total. The maximum atomic E-state index is 13.5. The first-order valence-corrected chi connectivity index (χ1v) is 6.85. The summed E-state index contributed by atoms with van der Waals surface area (Å²) in [7, 11) is 0. The van der Waals surface area contributed by atoms with E-state index in [2.05, 4.69) is 10.4 Å². The first kappa shape index (κ1) is 13.4. The number of halogens is 1. The van der Waals surface area contributed by atoms with Crippen molar-refractivity contribution in [2.75, 3.05) is 5.32 Å². The fraction of sp³-hybridized carbons (Fsp3) is 0.118. The number of benzene rings is 2. The highest BCUT2D eigenvalue weighted by atomic mass is 19.1. The Morgan fingerprint density at radius 2 is 1.81 bits per heavy atom. The van der Waals surface area contributed by atoms with E-state index in [9.17, 15) is 4.39 Å². The molecule has 0 atom stereocenters. The van der Waals surface area contributed by atoms with E-state index in [1.165, 1.54) is 11.6 Å². The van der Waals surface area contributed by atoms with Crippen molar-refractivity contribution in [3.05, 3.63) is 83.9 Å². The molecule has 0 aliphatic carbocycles. The van der Waals surface area contributed by atoms with Crippen LogP contribution in [0, 0.1) is 5.82 Å². The van der Waals surface area contributed by atoms with Crippen LogP contribution in [0.4, 0.5) is 10.1 Å². The summed E-state index contributed by atoms with van der Waals surface area (Å²) >= 11 is 0. The van der Waals surface area contributed by atoms with Crippen LogP contribution in [0.25, 0.3) is 0 Å². The summed E-state index contributed by atoms with van der Waals surface area (Å²) in [4.78, 5) is 0.